The van der Waals surface area contributed by atoms with Gasteiger partial charge in [-0.1, -0.05) is 0 Å². The molecule has 0 aliphatic heterocycles. The molecule has 0 aliphatic rings. The van der Waals surface area contributed by atoms with Crippen LogP contribution in [0, 0.1) is 6.92 Å². The van der Waals surface area contributed by atoms with Gasteiger partial charge in [-0.15, -0.1) is 0 Å². The van der Waals surface area contributed by atoms with Crippen LogP contribution in [0.4, 0.5) is 5.82 Å². The molecular formula is C15H14N4O. The maximum Gasteiger partial charge on any atom is 0.123 e. The van der Waals surface area contributed by atoms with Crippen molar-refractivity contribution in [2.45, 2.75) is 6.92 Å². The number of nitrogens with zero attached hydrogens (tertiary/aromatic N) is 3. The lowest BCUT2D eigenvalue weighted by Crippen LogP contribution is -1.98. The van der Waals surface area contributed by atoms with E-state index in [9.17, 15) is 5.11 Å². The highest BCUT2D eigenvalue weighted by molar-refractivity contribution is 5.63. The van der Waals surface area contributed by atoms with Gasteiger partial charge in [0.05, 0.1) is 23.9 Å². The van der Waals surface area contributed by atoms with Crippen LogP contribution in [0.15, 0.2) is 49.1 Å². The summed E-state index contributed by atoms with van der Waals surface area (Å²) in [6.45, 7) is 1.94. The molecular weight excluding hydrogens is 252 g/mol. The van der Waals surface area contributed by atoms with Gasteiger partial charge < -0.3 is 10.8 Å². The largest absolute Gasteiger partial charge is 0.508 e. The number of benzene rings is 1. The number of phenolic OH excluding ortho intramolecular Hbond substituents is 1. The van der Waals surface area contributed by atoms with Crippen molar-refractivity contribution in [3.05, 3.63) is 54.6 Å². The molecule has 0 unspecified atom stereocenters. The summed E-state index contributed by atoms with van der Waals surface area (Å²) < 4.78 is 1.96. The number of nitrogen functional groups attached to an aromatic ring is 1. The Balaban J connectivity index is 2.12. The summed E-state index contributed by atoms with van der Waals surface area (Å²) in [7, 11) is 0. The van der Waals surface area contributed by atoms with E-state index in [-0.39, 0.29) is 5.75 Å². The minimum absolute atomic E-state index is 0.252. The van der Waals surface area contributed by atoms with E-state index >= 15 is 0 Å². The minimum atomic E-state index is 0.252. The Labute approximate surface area is 116 Å². The van der Waals surface area contributed by atoms with Crippen molar-refractivity contribution in [1.29, 1.82) is 0 Å². The SMILES string of the molecule is Cc1cc(O)ccc1-n1cncc1-c1ccc(N)nc1. The van der Waals surface area contributed by atoms with Crippen molar-refractivity contribution in [1.82, 2.24) is 14.5 Å². The molecule has 2 aromatic heterocycles. The lowest BCUT2D eigenvalue weighted by atomic mass is 10.1. The van der Waals surface area contributed by atoms with E-state index in [1.54, 1.807) is 36.9 Å². The number of hydrogen-bond donors (Lipinski definition) is 2. The van der Waals surface area contributed by atoms with Gasteiger partial charge in [-0.25, -0.2) is 9.97 Å². The number of nitrogens with two attached hydrogens (primary N) is 1. The average molecular weight is 266 g/mol. The van der Waals surface area contributed by atoms with Gasteiger partial charge in [-0.3, -0.25) is 4.57 Å². The smallest absolute Gasteiger partial charge is 0.123 e. The van der Waals surface area contributed by atoms with Gasteiger partial charge in [0, 0.05) is 11.8 Å². The number of aryl methyl sites for hydroxylation is 1. The Hall–Kier alpha value is -2.82. The van der Waals surface area contributed by atoms with Crippen molar-refractivity contribution < 1.29 is 5.11 Å². The third-order valence-corrected chi connectivity index (χ3v) is 3.16. The molecule has 0 saturated carbocycles. The predicted molar refractivity (Wildman–Crippen MR) is 77.6 cm³/mol. The number of aromatic nitrogens is 3. The number of hydrogen-bond acceptors (Lipinski definition) is 4. The first kappa shape index (κ1) is 12.2. The van der Waals surface area contributed by atoms with E-state index in [1.165, 1.54) is 0 Å². The highest BCUT2D eigenvalue weighted by Crippen LogP contribution is 2.26. The third kappa shape index (κ3) is 2.09. The molecule has 3 rings (SSSR count). The van der Waals surface area contributed by atoms with Gasteiger partial charge in [0.15, 0.2) is 0 Å². The van der Waals surface area contributed by atoms with Gasteiger partial charge in [-0.2, -0.15) is 0 Å². The lowest BCUT2D eigenvalue weighted by Gasteiger charge is -2.11. The van der Waals surface area contributed by atoms with Crippen LogP contribution in [0.2, 0.25) is 0 Å². The molecule has 100 valence electrons. The Morgan fingerprint density at radius 2 is 2.00 bits per heavy atom. The van der Waals surface area contributed by atoms with Crippen LogP contribution < -0.4 is 5.73 Å². The summed E-state index contributed by atoms with van der Waals surface area (Å²) in [5, 5.41) is 9.50. The molecule has 3 aromatic rings. The Morgan fingerprint density at radius 1 is 1.15 bits per heavy atom. The van der Waals surface area contributed by atoms with Gasteiger partial charge in [0.1, 0.15) is 11.6 Å². The van der Waals surface area contributed by atoms with E-state index < -0.39 is 0 Å². The quantitative estimate of drug-likeness (QED) is 0.747. The molecule has 0 atom stereocenters. The number of anilines is 1. The first-order valence-corrected chi connectivity index (χ1v) is 6.19. The van der Waals surface area contributed by atoms with Gasteiger partial charge >= 0.3 is 0 Å². The highest BCUT2D eigenvalue weighted by Gasteiger charge is 2.09. The number of aromatic hydroxyl groups is 1. The average Bonchev–Trinajstić information content (AvgIpc) is 2.88. The molecule has 2 heterocycles. The molecule has 3 N–H and O–H groups in total. The summed E-state index contributed by atoms with van der Waals surface area (Å²) in [5.74, 6) is 0.739. The molecule has 0 fully saturated rings. The van der Waals surface area contributed by atoms with Gasteiger partial charge in [0.2, 0.25) is 0 Å². The molecule has 20 heavy (non-hydrogen) atoms. The van der Waals surface area contributed by atoms with Crippen LogP contribution in [0.1, 0.15) is 5.56 Å². The fourth-order valence-corrected chi connectivity index (χ4v) is 2.17. The minimum Gasteiger partial charge on any atom is -0.508 e. The monoisotopic (exact) mass is 266 g/mol. The van der Waals surface area contributed by atoms with Crippen LogP contribution in [-0.2, 0) is 0 Å². The van der Waals surface area contributed by atoms with E-state index in [1.807, 2.05) is 23.6 Å². The van der Waals surface area contributed by atoms with Crippen LogP contribution in [0.5, 0.6) is 5.75 Å². The van der Waals surface area contributed by atoms with Crippen molar-refractivity contribution >= 4 is 5.82 Å². The van der Waals surface area contributed by atoms with Crippen molar-refractivity contribution in [2.24, 2.45) is 0 Å². The summed E-state index contributed by atoms with van der Waals surface area (Å²) >= 11 is 0. The molecule has 5 nitrogen and oxygen atoms in total. The highest BCUT2D eigenvalue weighted by atomic mass is 16.3. The number of pyridine rings is 1. The van der Waals surface area contributed by atoms with Crippen LogP contribution in [-0.4, -0.2) is 19.6 Å². The van der Waals surface area contributed by atoms with E-state index in [4.69, 9.17) is 5.73 Å². The second-order valence-corrected chi connectivity index (χ2v) is 4.59. The summed E-state index contributed by atoms with van der Waals surface area (Å²) in [6.07, 6.45) is 5.24. The molecule has 0 aliphatic carbocycles. The normalized spacial score (nSPS) is 10.7. The summed E-state index contributed by atoms with van der Waals surface area (Å²) in [5.41, 5.74) is 9.40. The predicted octanol–water partition coefficient (Wildman–Crippen LogP) is 2.53. The summed E-state index contributed by atoms with van der Waals surface area (Å²) in [4.78, 5) is 8.31. The van der Waals surface area contributed by atoms with Crippen molar-refractivity contribution in [3.63, 3.8) is 0 Å². The number of rotatable bonds is 2. The Morgan fingerprint density at radius 3 is 2.70 bits per heavy atom. The summed E-state index contributed by atoms with van der Waals surface area (Å²) in [6, 6.07) is 8.91. The number of phenols is 1. The zero-order valence-corrected chi connectivity index (χ0v) is 11.0. The van der Waals surface area contributed by atoms with Crippen LogP contribution in [0.25, 0.3) is 16.9 Å². The molecule has 0 bridgehead atoms. The van der Waals surface area contributed by atoms with Crippen molar-refractivity contribution in [2.75, 3.05) is 5.73 Å². The third-order valence-electron chi connectivity index (χ3n) is 3.16. The molecule has 0 radical (unpaired) electrons. The van der Waals surface area contributed by atoms with Gasteiger partial charge in [-0.05, 0) is 42.8 Å². The Kier molecular flexibility index (Phi) is 2.87. The molecule has 0 saturated heterocycles. The zero-order valence-electron chi connectivity index (χ0n) is 11.0. The topological polar surface area (TPSA) is 77.0 Å². The number of imidazole rings is 1. The van der Waals surface area contributed by atoms with E-state index in [0.717, 1.165) is 22.5 Å². The lowest BCUT2D eigenvalue weighted by molar-refractivity contribution is 0.475. The molecule has 0 amide bonds. The second-order valence-electron chi connectivity index (χ2n) is 4.59. The first-order chi connectivity index (χ1) is 9.65. The van der Waals surface area contributed by atoms with E-state index in [0.29, 0.717) is 5.82 Å². The van der Waals surface area contributed by atoms with Crippen LogP contribution >= 0.6 is 0 Å². The molecule has 0 spiro atoms. The fraction of sp³-hybridized carbons (Fsp3) is 0.0667. The van der Waals surface area contributed by atoms with E-state index in [2.05, 4.69) is 9.97 Å². The molecule has 5 heteroatoms. The standard InChI is InChI=1S/C15H14N4O/c1-10-6-12(20)3-4-13(10)19-9-17-8-14(19)11-2-5-15(16)18-7-11/h2-9,20H,1H3,(H2,16,18). The molecule has 1 aromatic carbocycles. The zero-order chi connectivity index (χ0) is 14.1. The van der Waals surface area contributed by atoms with Crippen LogP contribution in [0.3, 0.4) is 0 Å². The first-order valence-electron chi connectivity index (χ1n) is 6.19. The van der Waals surface area contributed by atoms with Crippen molar-refractivity contribution in [3.8, 4) is 22.7 Å². The second kappa shape index (κ2) is 4.70. The Bertz CT molecular complexity index is 747. The maximum atomic E-state index is 9.50. The maximum absolute atomic E-state index is 9.50. The van der Waals surface area contributed by atoms with Gasteiger partial charge in [0.25, 0.3) is 0 Å². The fourth-order valence-electron chi connectivity index (χ4n) is 2.17.